The number of carbonyl (C=O) groups is 1. The standard InChI is InChI=1S/C18H25F3N2O3S/c1-17(2,3)23-16(24)10-22-14-7-12(8-14)11-27(25,26)15-6-4-5-13(9-15)18(19,20)21/h4-6,9,12,14,22H,7-8,10-11H2,1-3H3,(H,23,24). The second-order valence-corrected chi connectivity index (χ2v) is 10.1. The van der Waals surface area contributed by atoms with E-state index in [0.29, 0.717) is 18.9 Å². The number of nitrogens with one attached hydrogen (secondary N) is 2. The van der Waals surface area contributed by atoms with Crippen LogP contribution in [0.4, 0.5) is 13.2 Å². The third kappa shape index (κ3) is 6.49. The molecular weight excluding hydrogens is 381 g/mol. The SMILES string of the molecule is CC(C)(C)NC(=O)CNC1CC(CS(=O)(=O)c2cccc(C(F)(F)F)c2)C1. The fourth-order valence-electron chi connectivity index (χ4n) is 3.01. The number of sulfone groups is 1. The minimum absolute atomic E-state index is 0.0393. The van der Waals surface area contributed by atoms with Crippen LogP contribution >= 0.6 is 0 Å². The number of halogens is 3. The molecular formula is C18H25F3N2O3S. The van der Waals surface area contributed by atoms with Gasteiger partial charge in [-0.3, -0.25) is 4.79 Å². The molecule has 0 aliphatic heterocycles. The van der Waals surface area contributed by atoms with Gasteiger partial charge in [0.1, 0.15) is 0 Å². The summed E-state index contributed by atoms with van der Waals surface area (Å²) >= 11 is 0. The van der Waals surface area contributed by atoms with E-state index in [1.807, 2.05) is 20.8 Å². The normalized spacial score (nSPS) is 20.8. The van der Waals surface area contributed by atoms with E-state index in [1.54, 1.807) is 0 Å². The second kappa shape index (κ2) is 7.79. The predicted octanol–water partition coefficient (Wildman–Crippen LogP) is 2.76. The monoisotopic (exact) mass is 406 g/mol. The van der Waals surface area contributed by atoms with Crippen molar-refractivity contribution in [3.63, 3.8) is 0 Å². The molecule has 0 radical (unpaired) electrons. The number of hydrogen-bond donors (Lipinski definition) is 2. The average Bonchev–Trinajstić information content (AvgIpc) is 2.47. The third-order valence-electron chi connectivity index (χ3n) is 4.28. The summed E-state index contributed by atoms with van der Waals surface area (Å²) in [6.45, 7) is 5.78. The van der Waals surface area contributed by atoms with Crippen LogP contribution in [0, 0.1) is 5.92 Å². The minimum Gasteiger partial charge on any atom is -0.350 e. The van der Waals surface area contributed by atoms with Crippen molar-refractivity contribution < 1.29 is 26.4 Å². The van der Waals surface area contributed by atoms with Crippen molar-refractivity contribution in [1.82, 2.24) is 10.6 Å². The molecule has 1 amide bonds. The van der Waals surface area contributed by atoms with E-state index in [2.05, 4.69) is 10.6 Å². The fraction of sp³-hybridized carbons (Fsp3) is 0.611. The summed E-state index contributed by atoms with van der Waals surface area (Å²) in [7, 11) is -3.79. The highest BCUT2D eigenvalue weighted by atomic mass is 32.2. The molecule has 152 valence electrons. The largest absolute Gasteiger partial charge is 0.416 e. The van der Waals surface area contributed by atoms with E-state index in [0.717, 1.165) is 12.1 Å². The van der Waals surface area contributed by atoms with Gasteiger partial charge in [0.2, 0.25) is 5.91 Å². The molecule has 0 saturated heterocycles. The maximum absolute atomic E-state index is 12.8. The highest BCUT2D eigenvalue weighted by molar-refractivity contribution is 7.91. The molecule has 0 heterocycles. The van der Waals surface area contributed by atoms with Gasteiger partial charge in [0.05, 0.1) is 22.8 Å². The van der Waals surface area contributed by atoms with Gasteiger partial charge in [-0.1, -0.05) is 6.07 Å². The Labute approximate surface area is 157 Å². The molecule has 27 heavy (non-hydrogen) atoms. The van der Waals surface area contributed by atoms with Crippen molar-refractivity contribution in [2.75, 3.05) is 12.3 Å². The van der Waals surface area contributed by atoms with Crippen LogP contribution in [0.2, 0.25) is 0 Å². The first-order valence-electron chi connectivity index (χ1n) is 8.71. The van der Waals surface area contributed by atoms with Crippen molar-refractivity contribution in [3.8, 4) is 0 Å². The maximum Gasteiger partial charge on any atom is 0.416 e. The smallest absolute Gasteiger partial charge is 0.350 e. The van der Waals surface area contributed by atoms with Gasteiger partial charge >= 0.3 is 6.18 Å². The molecule has 1 fully saturated rings. The molecule has 0 atom stereocenters. The Morgan fingerprint density at radius 2 is 1.81 bits per heavy atom. The molecule has 1 aromatic carbocycles. The van der Waals surface area contributed by atoms with Crippen LogP contribution in [0.1, 0.15) is 39.2 Å². The Morgan fingerprint density at radius 1 is 1.19 bits per heavy atom. The Hall–Kier alpha value is -1.61. The van der Waals surface area contributed by atoms with Crippen molar-refractivity contribution in [1.29, 1.82) is 0 Å². The zero-order chi connectivity index (χ0) is 20.5. The Bertz CT molecular complexity index is 780. The first kappa shape index (κ1) is 21.7. The number of hydrogen-bond acceptors (Lipinski definition) is 4. The summed E-state index contributed by atoms with van der Waals surface area (Å²) in [5.41, 5.74) is -1.29. The van der Waals surface area contributed by atoms with Crippen LogP contribution in [0.3, 0.4) is 0 Å². The van der Waals surface area contributed by atoms with Gasteiger partial charge in [0.15, 0.2) is 9.84 Å². The maximum atomic E-state index is 12.8. The topological polar surface area (TPSA) is 75.3 Å². The van der Waals surface area contributed by atoms with Crippen LogP contribution < -0.4 is 10.6 Å². The van der Waals surface area contributed by atoms with Crippen LogP contribution in [0.25, 0.3) is 0 Å². The van der Waals surface area contributed by atoms with Gasteiger partial charge < -0.3 is 10.6 Å². The highest BCUT2D eigenvalue weighted by Gasteiger charge is 2.35. The van der Waals surface area contributed by atoms with E-state index in [1.165, 1.54) is 6.07 Å². The summed E-state index contributed by atoms with van der Waals surface area (Å²) in [4.78, 5) is 11.4. The molecule has 1 saturated carbocycles. The number of rotatable bonds is 6. The lowest BCUT2D eigenvalue weighted by Crippen LogP contribution is -2.50. The lowest BCUT2D eigenvalue weighted by atomic mass is 9.82. The third-order valence-corrected chi connectivity index (χ3v) is 6.16. The van der Waals surface area contributed by atoms with Crippen molar-refractivity contribution >= 4 is 15.7 Å². The molecule has 0 aromatic heterocycles. The Kier molecular flexibility index (Phi) is 6.26. The summed E-state index contributed by atoms with van der Waals surface area (Å²) in [6, 6.07) is 3.87. The molecule has 9 heteroatoms. The van der Waals surface area contributed by atoms with Crippen molar-refractivity contribution in [3.05, 3.63) is 29.8 Å². The van der Waals surface area contributed by atoms with Gasteiger partial charge in [-0.15, -0.1) is 0 Å². The van der Waals surface area contributed by atoms with Crippen LogP contribution in [0.5, 0.6) is 0 Å². The Balaban J connectivity index is 1.85. The van der Waals surface area contributed by atoms with Gasteiger partial charge in [0.25, 0.3) is 0 Å². The van der Waals surface area contributed by atoms with E-state index in [-0.39, 0.29) is 40.6 Å². The molecule has 1 aromatic rings. The van der Waals surface area contributed by atoms with Crippen LogP contribution in [-0.2, 0) is 20.8 Å². The molecule has 1 aliphatic rings. The lowest BCUT2D eigenvalue weighted by molar-refractivity contribution is -0.137. The molecule has 0 spiro atoms. The van der Waals surface area contributed by atoms with Gasteiger partial charge in [0, 0.05) is 11.6 Å². The summed E-state index contributed by atoms with van der Waals surface area (Å²) in [5.74, 6) is -0.462. The zero-order valence-electron chi connectivity index (χ0n) is 15.6. The first-order valence-corrected chi connectivity index (χ1v) is 10.4. The van der Waals surface area contributed by atoms with Crippen LogP contribution in [-0.4, -0.2) is 38.2 Å². The number of amides is 1. The van der Waals surface area contributed by atoms with E-state index >= 15 is 0 Å². The summed E-state index contributed by atoms with van der Waals surface area (Å²) in [6.07, 6.45) is -3.44. The van der Waals surface area contributed by atoms with Gasteiger partial charge in [-0.2, -0.15) is 13.2 Å². The van der Waals surface area contributed by atoms with E-state index < -0.39 is 21.6 Å². The minimum atomic E-state index is -4.58. The highest BCUT2D eigenvalue weighted by Crippen LogP contribution is 2.33. The van der Waals surface area contributed by atoms with Gasteiger partial charge in [-0.25, -0.2) is 8.42 Å². The molecule has 2 rings (SSSR count). The predicted molar refractivity (Wildman–Crippen MR) is 95.9 cm³/mol. The molecule has 0 unspecified atom stereocenters. The number of alkyl halides is 3. The summed E-state index contributed by atoms with van der Waals surface area (Å²) < 4.78 is 63.1. The molecule has 0 bridgehead atoms. The van der Waals surface area contributed by atoms with E-state index in [9.17, 15) is 26.4 Å². The Morgan fingerprint density at radius 3 is 2.37 bits per heavy atom. The molecule has 2 N–H and O–H groups in total. The quantitative estimate of drug-likeness (QED) is 0.762. The number of benzene rings is 1. The molecule has 5 nitrogen and oxygen atoms in total. The number of carbonyl (C=O) groups excluding carboxylic acids is 1. The fourth-order valence-corrected chi connectivity index (χ4v) is 4.69. The van der Waals surface area contributed by atoms with Gasteiger partial charge in [-0.05, 0) is 57.7 Å². The van der Waals surface area contributed by atoms with Crippen molar-refractivity contribution in [2.45, 2.75) is 56.3 Å². The first-order chi connectivity index (χ1) is 12.3. The zero-order valence-corrected chi connectivity index (χ0v) is 16.4. The molecule has 1 aliphatic carbocycles. The second-order valence-electron chi connectivity index (χ2n) is 8.02. The van der Waals surface area contributed by atoms with Crippen LogP contribution in [0.15, 0.2) is 29.2 Å². The van der Waals surface area contributed by atoms with Crippen molar-refractivity contribution in [2.24, 2.45) is 5.92 Å². The average molecular weight is 406 g/mol. The lowest BCUT2D eigenvalue weighted by Gasteiger charge is -2.36. The van der Waals surface area contributed by atoms with E-state index in [4.69, 9.17) is 0 Å². The summed E-state index contributed by atoms with van der Waals surface area (Å²) in [5, 5.41) is 5.89.